The van der Waals surface area contributed by atoms with Crippen molar-refractivity contribution in [1.82, 2.24) is 5.32 Å². The van der Waals surface area contributed by atoms with Gasteiger partial charge in [-0.2, -0.15) is 0 Å². The molecule has 2 aromatic carbocycles. The molecule has 0 spiro atoms. The molecular formula is C20H21BrN2O4S. The molecule has 0 radical (unpaired) electrons. The van der Waals surface area contributed by atoms with Crippen molar-refractivity contribution in [2.24, 2.45) is 0 Å². The van der Waals surface area contributed by atoms with Crippen LogP contribution in [0, 0.1) is 6.92 Å². The highest BCUT2D eigenvalue weighted by Crippen LogP contribution is 2.38. The van der Waals surface area contributed by atoms with E-state index in [9.17, 15) is 9.90 Å². The minimum atomic E-state index is -0.318. The van der Waals surface area contributed by atoms with Crippen LogP contribution in [0.5, 0.6) is 17.2 Å². The van der Waals surface area contributed by atoms with Crippen LogP contribution < -0.4 is 20.1 Å². The number of aromatic hydroxyl groups is 1. The van der Waals surface area contributed by atoms with E-state index >= 15 is 0 Å². The van der Waals surface area contributed by atoms with Gasteiger partial charge in [-0.05, 0) is 71.2 Å². The van der Waals surface area contributed by atoms with E-state index < -0.39 is 0 Å². The lowest BCUT2D eigenvalue weighted by atomic mass is 10.2. The summed E-state index contributed by atoms with van der Waals surface area (Å²) in [6.07, 6.45) is 1.77. The maximum atomic E-state index is 12.4. The van der Waals surface area contributed by atoms with E-state index in [2.05, 4.69) is 26.6 Å². The summed E-state index contributed by atoms with van der Waals surface area (Å²) in [6, 6.07) is 9.27. The van der Waals surface area contributed by atoms with Crippen LogP contribution in [0.4, 0.5) is 5.69 Å². The first-order chi connectivity index (χ1) is 13.4. The van der Waals surface area contributed by atoms with Crippen LogP contribution in [0.15, 0.2) is 39.7 Å². The normalized spacial score (nSPS) is 17.5. The fourth-order valence-corrected chi connectivity index (χ4v) is 4.17. The molecule has 1 unspecified atom stereocenters. The highest BCUT2D eigenvalue weighted by Gasteiger charge is 2.28. The summed E-state index contributed by atoms with van der Waals surface area (Å²) in [5, 5.41) is 16.2. The zero-order valence-corrected chi connectivity index (χ0v) is 18.1. The molecule has 1 amide bonds. The minimum absolute atomic E-state index is 0.0404. The number of amides is 1. The van der Waals surface area contributed by atoms with Gasteiger partial charge in [0.1, 0.15) is 5.75 Å². The highest BCUT2D eigenvalue weighted by atomic mass is 79.9. The molecule has 1 atom stereocenters. The monoisotopic (exact) mass is 464 g/mol. The summed E-state index contributed by atoms with van der Waals surface area (Å²) in [6.45, 7) is 4.27. The van der Waals surface area contributed by atoms with E-state index in [0.717, 1.165) is 16.8 Å². The summed E-state index contributed by atoms with van der Waals surface area (Å²) in [4.78, 5) is 13.0. The van der Waals surface area contributed by atoms with Crippen molar-refractivity contribution in [2.75, 3.05) is 19.0 Å². The standard InChI is InChI=1S/C20H21BrN2O4S/c1-4-27-16-9-12(8-13(21)18(16)24)10-17-19(25)23-20(28-17)22-14-7-11(2)5-6-15(14)26-3/h5-10,20,22,24H,4H2,1-3H3,(H,23,25)/b17-10-. The van der Waals surface area contributed by atoms with E-state index in [1.54, 1.807) is 25.3 Å². The van der Waals surface area contributed by atoms with Gasteiger partial charge in [0.15, 0.2) is 17.0 Å². The molecule has 0 bridgehead atoms. The van der Waals surface area contributed by atoms with Crippen molar-refractivity contribution >= 4 is 45.4 Å². The number of hydrogen-bond acceptors (Lipinski definition) is 6. The minimum Gasteiger partial charge on any atom is -0.503 e. The molecule has 1 fully saturated rings. The number of phenolic OH excluding ortho intramolecular Hbond substituents is 1. The van der Waals surface area contributed by atoms with Gasteiger partial charge in [-0.15, -0.1) is 0 Å². The van der Waals surface area contributed by atoms with E-state index in [0.29, 0.717) is 27.5 Å². The molecule has 28 heavy (non-hydrogen) atoms. The number of aryl methyl sites for hydroxylation is 1. The molecule has 0 saturated carbocycles. The third-order valence-corrected chi connectivity index (χ3v) is 5.65. The second-order valence-corrected chi connectivity index (χ2v) is 8.11. The van der Waals surface area contributed by atoms with Gasteiger partial charge in [0.05, 0.1) is 28.8 Å². The number of carbonyl (C=O) groups is 1. The molecule has 0 aromatic heterocycles. The van der Waals surface area contributed by atoms with E-state index in [-0.39, 0.29) is 17.2 Å². The van der Waals surface area contributed by atoms with Gasteiger partial charge in [0.2, 0.25) is 0 Å². The lowest BCUT2D eigenvalue weighted by molar-refractivity contribution is -0.116. The van der Waals surface area contributed by atoms with Crippen molar-refractivity contribution in [1.29, 1.82) is 0 Å². The van der Waals surface area contributed by atoms with Crippen LogP contribution >= 0.6 is 27.7 Å². The Morgan fingerprint density at radius 3 is 2.82 bits per heavy atom. The first kappa shape index (κ1) is 20.4. The molecule has 0 aliphatic carbocycles. The summed E-state index contributed by atoms with van der Waals surface area (Å²) in [7, 11) is 1.61. The number of thioether (sulfide) groups is 1. The average Bonchev–Trinajstić information content (AvgIpc) is 2.98. The number of ether oxygens (including phenoxy) is 2. The van der Waals surface area contributed by atoms with E-state index in [1.807, 2.05) is 32.0 Å². The second-order valence-electron chi connectivity index (χ2n) is 6.11. The number of halogens is 1. The van der Waals surface area contributed by atoms with Crippen LogP contribution in [-0.4, -0.2) is 30.2 Å². The van der Waals surface area contributed by atoms with Gasteiger partial charge in [0, 0.05) is 0 Å². The number of methoxy groups -OCH3 is 1. The number of phenols is 1. The number of carbonyl (C=O) groups excluding carboxylic acids is 1. The molecule has 1 saturated heterocycles. The average molecular weight is 465 g/mol. The van der Waals surface area contributed by atoms with Crippen molar-refractivity contribution in [3.63, 3.8) is 0 Å². The molecular weight excluding hydrogens is 444 g/mol. The van der Waals surface area contributed by atoms with Crippen molar-refractivity contribution < 1.29 is 19.4 Å². The zero-order chi connectivity index (χ0) is 20.3. The maximum Gasteiger partial charge on any atom is 0.260 e. The van der Waals surface area contributed by atoms with Gasteiger partial charge in [0.25, 0.3) is 5.91 Å². The SMILES string of the molecule is CCOc1cc(/C=C2\SC(Nc3cc(C)ccc3OC)NC2=O)cc(Br)c1O. The highest BCUT2D eigenvalue weighted by molar-refractivity contribution is 9.10. The third-order valence-electron chi connectivity index (χ3n) is 4.02. The lowest BCUT2D eigenvalue weighted by Crippen LogP contribution is -2.31. The number of nitrogens with one attached hydrogen (secondary N) is 2. The van der Waals surface area contributed by atoms with Gasteiger partial charge in [-0.3, -0.25) is 4.79 Å². The predicted molar refractivity (Wildman–Crippen MR) is 116 cm³/mol. The maximum absolute atomic E-state index is 12.4. The predicted octanol–water partition coefficient (Wildman–Crippen LogP) is 4.47. The Kier molecular flexibility index (Phi) is 6.41. The van der Waals surface area contributed by atoms with Crippen LogP contribution in [0.25, 0.3) is 6.08 Å². The van der Waals surface area contributed by atoms with Gasteiger partial charge in [-0.25, -0.2) is 0 Å². The largest absolute Gasteiger partial charge is 0.503 e. The number of hydrogen-bond donors (Lipinski definition) is 3. The molecule has 1 aliphatic rings. The Morgan fingerprint density at radius 1 is 1.32 bits per heavy atom. The molecule has 3 rings (SSSR count). The topological polar surface area (TPSA) is 79.8 Å². The number of benzene rings is 2. The van der Waals surface area contributed by atoms with E-state index in [1.165, 1.54) is 11.8 Å². The first-order valence-corrected chi connectivity index (χ1v) is 10.3. The number of rotatable bonds is 6. The van der Waals surface area contributed by atoms with Crippen LogP contribution in [0.2, 0.25) is 0 Å². The number of anilines is 1. The van der Waals surface area contributed by atoms with Crippen molar-refractivity contribution in [2.45, 2.75) is 19.3 Å². The molecule has 3 N–H and O–H groups in total. The molecule has 8 heteroatoms. The fourth-order valence-electron chi connectivity index (χ4n) is 2.74. The Balaban J connectivity index is 1.81. The Bertz CT molecular complexity index is 933. The van der Waals surface area contributed by atoms with Gasteiger partial charge >= 0.3 is 0 Å². The summed E-state index contributed by atoms with van der Waals surface area (Å²) >= 11 is 4.70. The second kappa shape index (κ2) is 8.79. The Hall–Kier alpha value is -2.32. The zero-order valence-electron chi connectivity index (χ0n) is 15.7. The molecule has 148 valence electrons. The van der Waals surface area contributed by atoms with E-state index in [4.69, 9.17) is 9.47 Å². The summed E-state index contributed by atoms with van der Waals surface area (Å²) in [5.41, 5.74) is 2.33. The van der Waals surface area contributed by atoms with Gasteiger partial charge in [-0.1, -0.05) is 17.8 Å². The third kappa shape index (κ3) is 4.56. The Morgan fingerprint density at radius 2 is 2.11 bits per heavy atom. The van der Waals surface area contributed by atoms with Gasteiger partial charge < -0.3 is 25.2 Å². The lowest BCUT2D eigenvalue weighted by Gasteiger charge is -2.16. The smallest absolute Gasteiger partial charge is 0.260 e. The fraction of sp³-hybridized carbons (Fsp3) is 0.250. The quantitative estimate of drug-likeness (QED) is 0.547. The van der Waals surface area contributed by atoms with Crippen LogP contribution in [0.3, 0.4) is 0 Å². The van der Waals surface area contributed by atoms with Crippen molar-refractivity contribution in [3.8, 4) is 17.2 Å². The molecule has 2 aromatic rings. The first-order valence-electron chi connectivity index (χ1n) is 8.67. The molecule has 1 heterocycles. The van der Waals surface area contributed by atoms with Crippen LogP contribution in [0.1, 0.15) is 18.1 Å². The van der Waals surface area contributed by atoms with Crippen molar-refractivity contribution in [3.05, 3.63) is 50.8 Å². The van der Waals surface area contributed by atoms with Crippen LogP contribution in [-0.2, 0) is 4.79 Å². The molecule has 6 nitrogen and oxygen atoms in total. The summed E-state index contributed by atoms with van der Waals surface area (Å²) in [5.74, 6) is 0.947. The molecule has 1 aliphatic heterocycles. The Labute approximate surface area is 176 Å². The summed E-state index contributed by atoms with van der Waals surface area (Å²) < 4.78 is 11.3.